The summed E-state index contributed by atoms with van der Waals surface area (Å²) in [6.45, 7) is 3.12. The van der Waals surface area contributed by atoms with Crippen molar-refractivity contribution in [3.8, 4) is 5.75 Å². The second-order valence-electron chi connectivity index (χ2n) is 4.27. The number of carbonyl (C=O) groups is 1. The van der Waals surface area contributed by atoms with Gasteiger partial charge in [0.25, 0.3) is 0 Å². The van der Waals surface area contributed by atoms with Gasteiger partial charge in [-0.2, -0.15) is 0 Å². The first-order chi connectivity index (χ1) is 9.78. The molecule has 0 aliphatic heterocycles. The minimum Gasteiger partial charge on any atom is -0.494 e. The molecule has 0 radical (unpaired) electrons. The molecule has 0 aliphatic rings. The maximum absolute atomic E-state index is 11.6. The van der Waals surface area contributed by atoms with Crippen molar-refractivity contribution in [3.63, 3.8) is 0 Å². The number of aromatic nitrogens is 1. The second kappa shape index (κ2) is 7.19. The molecule has 4 nitrogen and oxygen atoms in total. The van der Waals surface area contributed by atoms with Crippen molar-refractivity contribution in [2.75, 3.05) is 6.61 Å². The molecule has 1 heterocycles. The first kappa shape index (κ1) is 13.9. The van der Waals surface area contributed by atoms with E-state index in [0.717, 1.165) is 16.9 Å². The Hall–Kier alpha value is -2.49. The van der Waals surface area contributed by atoms with Gasteiger partial charge in [-0.15, -0.1) is 0 Å². The number of amides is 1. The summed E-state index contributed by atoms with van der Waals surface area (Å²) in [5.41, 5.74) is 2.01. The second-order valence-corrected chi connectivity index (χ2v) is 4.27. The fraction of sp³-hybridized carbons (Fsp3) is 0.188. The molecular formula is C16H18N2O2. The summed E-state index contributed by atoms with van der Waals surface area (Å²) in [7, 11) is 0. The quantitative estimate of drug-likeness (QED) is 0.793. The van der Waals surface area contributed by atoms with Crippen LogP contribution in [0.15, 0.2) is 48.8 Å². The number of aromatic amines is 1. The summed E-state index contributed by atoms with van der Waals surface area (Å²) in [6, 6.07) is 9.54. The Kier molecular flexibility index (Phi) is 5.00. The molecule has 2 rings (SSSR count). The van der Waals surface area contributed by atoms with Crippen LogP contribution >= 0.6 is 0 Å². The van der Waals surface area contributed by atoms with E-state index in [4.69, 9.17) is 4.74 Å². The average Bonchev–Trinajstić information content (AvgIpc) is 2.98. The van der Waals surface area contributed by atoms with Crippen molar-refractivity contribution in [1.29, 1.82) is 0 Å². The fourth-order valence-electron chi connectivity index (χ4n) is 1.73. The predicted molar refractivity (Wildman–Crippen MR) is 79.3 cm³/mol. The highest BCUT2D eigenvalue weighted by Gasteiger charge is 1.97. The molecular weight excluding hydrogens is 252 g/mol. The molecule has 0 unspecified atom stereocenters. The molecule has 104 valence electrons. The largest absolute Gasteiger partial charge is 0.494 e. The highest BCUT2D eigenvalue weighted by molar-refractivity contribution is 5.91. The molecule has 1 amide bonds. The first-order valence-corrected chi connectivity index (χ1v) is 6.58. The molecule has 1 aromatic heterocycles. The zero-order valence-electron chi connectivity index (χ0n) is 11.4. The van der Waals surface area contributed by atoms with Crippen LogP contribution in [-0.4, -0.2) is 17.5 Å². The number of rotatable bonds is 6. The van der Waals surface area contributed by atoms with Gasteiger partial charge in [0.05, 0.1) is 6.61 Å². The Morgan fingerprint density at radius 3 is 2.75 bits per heavy atom. The maximum Gasteiger partial charge on any atom is 0.244 e. The molecule has 0 spiro atoms. The zero-order valence-corrected chi connectivity index (χ0v) is 11.4. The Balaban J connectivity index is 1.83. The molecule has 0 bridgehead atoms. The smallest absolute Gasteiger partial charge is 0.244 e. The number of H-pyrrole nitrogens is 1. The van der Waals surface area contributed by atoms with Gasteiger partial charge in [-0.3, -0.25) is 4.79 Å². The first-order valence-electron chi connectivity index (χ1n) is 6.58. The molecule has 0 aliphatic carbocycles. The Bertz CT molecular complexity index is 557. The zero-order chi connectivity index (χ0) is 14.2. The number of hydrogen-bond donors (Lipinski definition) is 2. The van der Waals surface area contributed by atoms with E-state index in [2.05, 4.69) is 10.3 Å². The van der Waals surface area contributed by atoms with Gasteiger partial charge in [0, 0.05) is 25.0 Å². The lowest BCUT2D eigenvalue weighted by Crippen LogP contribution is -2.19. The Morgan fingerprint density at radius 2 is 2.10 bits per heavy atom. The number of benzene rings is 1. The molecule has 0 saturated heterocycles. The van der Waals surface area contributed by atoms with Crippen LogP contribution in [0.2, 0.25) is 0 Å². The molecule has 0 saturated carbocycles. The summed E-state index contributed by atoms with van der Waals surface area (Å²) in [4.78, 5) is 14.6. The van der Waals surface area contributed by atoms with Crippen molar-refractivity contribution in [1.82, 2.24) is 10.3 Å². The van der Waals surface area contributed by atoms with Gasteiger partial charge in [-0.05, 0) is 42.3 Å². The molecule has 0 atom stereocenters. The van der Waals surface area contributed by atoms with E-state index in [1.54, 1.807) is 6.08 Å². The average molecular weight is 270 g/mol. The molecule has 2 N–H and O–H groups in total. The third kappa shape index (κ3) is 4.31. The minimum absolute atomic E-state index is 0.111. The highest BCUT2D eigenvalue weighted by Crippen LogP contribution is 2.12. The fourth-order valence-corrected chi connectivity index (χ4v) is 1.73. The van der Waals surface area contributed by atoms with E-state index < -0.39 is 0 Å². The van der Waals surface area contributed by atoms with Crippen molar-refractivity contribution < 1.29 is 9.53 Å². The van der Waals surface area contributed by atoms with Gasteiger partial charge >= 0.3 is 0 Å². The minimum atomic E-state index is -0.111. The topological polar surface area (TPSA) is 54.1 Å². The van der Waals surface area contributed by atoms with Crippen molar-refractivity contribution in [2.24, 2.45) is 0 Å². The number of ether oxygens (including phenoxy) is 1. The highest BCUT2D eigenvalue weighted by atomic mass is 16.5. The van der Waals surface area contributed by atoms with Crippen LogP contribution in [-0.2, 0) is 11.3 Å². The molecule has 20 heavy (non-hydrogen) atoms. The lowest BCUT2D eigenvalue weighted by atomic mass is 10.2. The lowest BCUT2D eigenvalue weighted by molar-refractivity contribution is -0.116. The molecule has 0 fully saturated rings. The predicted octanol–water partition coefficient (Wildman–Crippen LogP) is 2.74. The van der Waals surface area contributed by atoms with Gasteiger partial charge in [0.1, 0.15) is 5.75 Å². The van der Waals surface area contributed by atoms with Gasteiger partial charge < -0.3 is 15.0 Å². The van der Waals surface area contributed by atoms with Crippen LogP contribution in [0.1, 0.15) is 18.1 Å². The summed E-state index contributed by atoms with van der Waals surface area (Å²) in [5, 5.41) is 2.82. The van der Waals surface area contributed by atoms with Crippen LogP contribution in [0.25, 0.3) is 6.08 Å². The van der Waals surface area contributed by atoms with Crippen LogP contribution in [0.3, 0.4) is 0 Å². The third-order valence-electron chi connectivity index (χ3n) is 2.75. The van der Waals surface area contributed by atoms with E-state index in [0.29, 0.717) is 13.2 Å². The number of hydrogen-bond acceptors (Lipinski definition) is 2. The van der Waals surface area contributed by atoms with Crippen LogP contribution in [0.5, 0.6) is 5.75 Å². The lowest BCUT2D eigenvalue weighted by Gasteiger charge is -2.02. The summed E-state index contributed by atoms with van der Waals surface area (Å²) >= 11 is 0. The number of carbonyl (C=O) groups excluding carboxylic acids is 1. The molecule has 2 aromatic rings. The standard InChI is InChI=1S/C16H18N2O2/c1-2-20-15-6-3-13(4-7-15)5-8-16(19)18-12-14-9-10-17-11-14/h3-11,17H,2,12H2,1H3,(H,18,19)/b8-5+. The van der Waals surface area contributed by atoms with Crippen LogP contribution in [0.4, 0.5) is 0 Å². The summed E-state index contributed by atoms with van der Waals surface area (Å²) in [6.07, 6.45) is 7.00. The van der Waals surface area contributed by atoms with Crippen molar-refractivity contribution in [3.05, 3.63) is 59.9 Å². The van der Waals surface area contributed by atoms with Crippen LogP contribution in [0, 0.1) is 0 Å². The van der Waals surface area contributed by atoms with E-state index >= 15 is 0 Å². The van der Waals surface area contributed by atoms with Gasteiger partial charge in [-0.1, -0.05) is 12.1 Å². The maximum atomic E-state index is 11.6. The monoisotopic (exact) mass is 270 g/mol. The normalized spacial score (nSPS) is 10.7. The SMILES string of the molecule is CCOc1ccc(/C=C/C(=O)NCc2cc[nH]c2)cc1. The van der Waals surface area contributed by atoms with Gasteiger partial charge in [0.2, 0.25) is 5.91 Å². The molecule has 1 aromatic carbocycles. The van der Waals surface area contributed by atoms with Gasteiger partial charge in [0.15, 0.2) is 0 Å². The van der Waals surface area contributed by atoms with E-state index in [9.17, 15) is 4.79 Å². The van der Waals surface area contributed by atoms with E-state index in [-0.39, 0.29) is 5.91 Å². The van der Waals surface area contributed by atoms with E-state index in [1.165, 1.54) is 6.08 Å². The third-order valence-corrected chi connectivity index (χ3v) is 2.75. The Labute approximate surface area is 118 Å². The van der Waals surface area contributed by atoms with E-state index in [1.807, 2.05) is 49.6 Å². The number of nitrogens with one attached hydrogen (secondary N) is 2. The van der Waals surface area contributed by atoms with Gasteiger partial charge in [-0.25, -0.2) is 0 Å². The summed E-state index contributed by atoms with van der Waals surface area (Å²) in [5.74, 6) is 0.724. The molecule has 4 heteroatoms. The van der Waals surface area contributed by atoms with Crippen LogP contribution < -0.4 is 10.1 Å². The van der Waals surface area contributed by atoms with Crippen molar-refractivity contribution in [2.45, 2.75) is 13.5 Å². The Morgan fingerprint density at radius 1 is 1.30 bits per heavy atom. The summed E-state index contributed by atoms with van der Waals surface area (Å²) < 4.78 is 5.36. The van der Waals surface area contributed by atoms with Crippen molar-refractivity contribution >= 4 is 12.0 Å².